The van der Waals surface area contributed by atoms with E-state index in [4.69, 9.17) is 4.74 Å². The van der Waals surface area contributed by atoms with Crippen LogP contribution in [0.25, 0.3) is 0 Å². The van der Waals surface area contributed by atoms with Crippen molar-refractivity contribution in [1.29, 1.82) is 0 Å². The molecule has 0 spiro atoms. The number of hydrogen-bond donors (Lipinski definition) is 0. The lowest BCUT2D eigenvalue weighted by Crippen LogP contribution is -2.33. The van der Waals surface area contributed by atoms with E-state index in [2.05, 4.69) is 6.08 Å². The van der Waals surface area contributed by atoms with Crippen molar-refractivity contribution in [1.82, 2.24) is 9.80 Å². The number of carbonyl (C=O) groups excluding carboxylic acids is 2. The summed E-state index contributed by atoms with van der Waals surface area (Å²) >= 11 is 0. The molecule has 114 valence electrons. The van der Waals surface area contributed by atoms with E-state index in [1.54, 1.807) is 24.3 Å². The third kappa shape index (κ3) is 2.39. The van der Waals surface area contributed by atoms with Crippen molar-refractivity contribution in [2.24, 2.45) is 0 Å². The maximum atomic E-state index is 12.2. The Morgan fingerprint density at radius 3 is 2.36 bits per heavy atom. The second-order valence-electron chi connectivity index (χ2n) is 5.44. The fourth-order valence-corrected chi connectivity index (χ4v) is 2.74. The molecular formula is C17H18N2O3. The van der Waals surface area contributed by atoms with E-state index in [1.807, 2.05) is 25.1 Å². The highest BCUT2D eigenvalue weighted by atomic mass is 16.5. The van der Waals surface area contributed by atoms with Crippen molar-refractivity contribution in [3.05, 3.63) is 59.1 Å². The molecular weight excluding hydrogens is 280 g/mol. The second kappa shape index (κ2) is 5.67. The van der Waals surface area contributed by atoms with Crippen molar-refractivity contribution in [3.8, 4) is 0 Å². The van der Waals surface area contributed by atoms with Gasteiger partial charge in [0.25, 0.3) is 11.8 Å². The summed E-state index contributed by atoms with van der Waals surface area (Å²) in [5.74, 6) is 0.303. The molecule has 1 aromatic carbocycles. The Bertz CT molecular complexity index is 656. The number of nitrogens with zero attached hydrogens (tertiary/aromatic N) is 2. The molecule has 2 aliphatic rings. The van der Waals surface area contributed by atoms with Gasteiger partial charge in [0, 0.05) is 13.2 Å². The van der Waals surface area contributed by atoms with E-state index in [9.17, 15) is 9.59 Å². The van der Waals surface area contributed by atoms with Crippen LogP contribution in [0.15, 0.2) is 48.0 Å². The number of benzene rings is 1. The number of carbonyl (C=O) groups is 2. The summed E-state index contributed by atoms with van der Waals surface area (Å²) < 4.78 is 5.77. The van der Waals surface area contributed by atoms with Gasteiger partial charge in [-0.05, 0) is 31.1 Å². The standard InChI is InChI=1S/C17H18N2O3/c1-12-6-5-9-18(2)17(12)22-11-10-19-15(20)13-7-3-4-8-14(13)16(19)21/h3-5,7-9H,6,10-11H2,1-2H3. The molecule has 1 aromatic rings. The summed E-state index contributed by atoms with van der Waals surface area (Å²) in [5, 5.41) is 0. The van der Waals surface area contributed by atoms with Crippen molar-refractivity contribution in [2.45, 2.75) is 13.3 Å². The van der Waals surface area contributed by atoms with Crippen molar-refractivity contribution >= 4 is 11.8 Å². The lowest BCUT2D eigenvalue weighted by molar-refractivity contribution is 0.0580. The molecule has 5 heteroatoms. The van der Waals surface area contributed by atoms with Crippen molar-refractivity contribution < 1.29 is 14.3 Å². The fourth-order valence-electron chi connectivity index (χ4n) is 2.74. The molecule has 0 unspecified atom stereocenters. The molecule has 3 rings (SSSR count). The molecule has 2 heterocycles. The van der Waals surface area contributed by atoms with Gasteiger partial charge < -0.3 is 9.64 Å². The summed E-state index contributed by atoms with van der Waals surface area (Å²) in [7, 11) is 1.91. The smallest absolute Gasteiger partial charge is 0.261 e. The third-order valence-corrected chi connectivity index (χ3v) is 3.87. The number of ether oxygens (including phenoxy) is 1. The van der Waals surface area contributed by atoms with Gasteiger partial charge in [-0.1, -0.05) is 18.2 Å². The number of allylic oxidation sites excluding steroid dienone is 2. The highest BCUT2D eigenvalue weighted by Gasteiger charge is 2.34. The molecule has 0 saturated carbocycles. The Balaban J connectivity index is 1.64. The first-order valence-corrected chi connectivity index (χ1v) is 7.27. The van der Waals surface area contributed by atoms with E-state index >= 15 is 0 Å². The van der Waals surface area contributed by atoms with Crippen LogP contribution in [0.1, 0.15) is 34.1 Å². The van der Waals surface area contributed by atoms with Gasteiger partial charge in [0.1, 0.15) is 6.61 Å². The Kier molecular flexibility index (Phi) is 3.71. The van der Waals surface area contributed by atoms with Crippen LogP contribution in [0.3, 0.4) is 0 Å². The van der Waals surface area contributed by atoms with Gasteiger partial charge in [-0.3, -0.25) is 14.5 Å². The Morgan fingerprint density at radius 1 is 1.14 bits per heavy atom. The highest BCUT2D eigenvalue weighted by molar-refractivity contribution is 6.21. The van der Waals surface area contributed by atoms with E-state index in [0.717, 1.165) is 17.9 Å². The molecule has 0 bridgehead atoms. The first-order valence-electron chi connectivity index (χ1n) is 7.27. The molecule has 2 aliphatic heterocycles. The number of imide groups is 1. The van der Waals surface area contributed by atoms with Gasteiger partial charge in [-0.25, -0.2) is 0 Å². The SMILES string of the molecule is CC1=C(OCCN2C(=O)c3ccccc3C2=O)N(C)C=CC1. The van der Waals surface area contributed by atoms with Crippen LogP contribution in [-0.2, 0) is 4.74 Å². The molecule has 0 saturated heterocycles. The normalized spacial score (nSPS) is 17.4. The second-order valence-corrected chi connectivity index (χ2v) is 5.44. The molecule has 2 amide bonds. The summed E-state index contributed by atoms with van der Waals surface area (Å²) in [6.45, 7) is 2.55. The number of amides is 2. The third-order valence-electron chi connectivity index (χ3n) is 3.87. The van der Waals surface area contributed by atoms with Crippen LogP contribution >= 0.6 is 0 Å². The molecule has 0 atom stereocenters. The van der Waals surface area contributed by atoms with Crippen molar-refractivity contribution in [3.63, 3.8) is 0 Å². The van der Waals surface area contributed by atoms with E-state index in [-0.39, 0.29) is 25.0 Å². The molecule has 5 nitrogen and oxygen atoms in total. The summed E-state index contributed by atoms with van der Waals surface area (Å²) in [6, 6.07) is 6.90. The minimum absolute atomic E-state index is 0.244. The zero-order valence-corrected chi connectivity index (χ0v) is 12.7. The summed E-state index contributed by atoms with van der Waals surface area (Å²) in [4.78, 5) is 27.6. The highest BCUT2D eigenvalue weighted by Crippen LogP contribution is 2.23. The van der Waals surface area contributed by atoms with Gasteiger partial charge in [-0.2, -0.15) is 0 Å². The summed E-state index contributed by atoms with van der Waals surface area (Å²) in [5.41, 5.74) is 2.08. The van der Waals surface area contributed by atoms with E-state index in [0.29, 0.717) is 11.1 Å². The molecule has 22 heavy (non-hydrogen) atoms. The number of rotatable bonds is 4. The quantitative estimate of drug-likeness (QED) is 0.801. The van der Waals surface area contributed by atoms with Crippen LogP contribution in [0.4, 0.5) is 0 Å². The molecule has 0 radical (unpaired) electrons. The molecule has 0 aromatic heterocycles. The van der Waals surface area contributed by atoms with Crippen molar-refractivity contribution in [2.75, 3.05) is 20.2 Å². The molecule has 0 N–H and O–H groups in total. The lowest BCUT2D eigenvalue weighted by Gasteiger charge is -2.25. The van der Waals surface area contributed by atoms with Crippen LogP contribution in [0.2, 0.25) is 0 Å². The lowest BCUT2D eigenvalue weighted by atomic mass is 10.1. The maximum absolute atomic E-state index is 12.2. The fraction of sp³-hybridized carbons (Fsp3) is 0.294. The Morgan fingerprint density at radius 2 is 1.77 bits per heavy atom. The van der Waals surface area contributed by atoms with Gasteiger partial charge in [0.2, 0.25) is 0 Å². The average molecular weight is 298 g/mol. The molecule has 0 fully saturated rings. The minimum atomic E-state index is -0.244. The van der Waals surface area contributed by atoms with E-state index < -0.39 is 0 Å². The topological polar surface area (TPSA) is 49.9 Å². The van der Waals surface area contributed by atoms with E-state index in [1.165, 1.54) is 4.90 Å². The number of hydrogen-bond acceptors (Lipinski definition) is 4. The zero-order chi connectivity index (χ0) is 15.7. The van der Waals surface area contributed by atoms with Crippen LogP contribution < -0.4 is 0 Å². The van der Waals surface area contributed by atoms with Gasteiger partial charge in [-0.15, -0.1) is 0 Å². The Hall–Kier alpha value is -2.56. The van der Waals surface area contributed by atoms with Gasteiger partial charge in [0.05, 0.1) is 17.7 Å². The van der Waals surface area contributed by atoms with Gasteiger partial charge >= 0.3 is 0 Å². The van der Waals surface area contributed by atoms with Crippen LogP contribution in [0.5, 0.6) is 0 Å². The number of fused-ring (bicyclic) bond motifs is 1. The van der Waals surface area contributed by atoms with Crippen LogP contribution in [-0.4, -0.2) is 41.8 Å². The largest absolute Gasteiger partial charge is 0.477 e. The predicted molar refractivity (Wildman–Crippen MR) is 82.0 cm³/mol. The average Bonchev–Trinajstić information content (AvgIpc) is 2.75. The molecule has 0 aliphatic carbocycles. The van der Waals surface area contributed by atoms with Gasteiger partial charge in [0.15, 0.2) is 5.88 Å². The van der Waals surface area contributed by atoms with Crippen LogP contribution in [0, 0.1) is 0 Å². The predicted octanol–water partition coefficient (Wildman–Crippen LogP) is 2.38. The maximum Gasteiger partial charge on any atom is 0.261 e. The Labute approximate surface area is 129 Å². The minimum Gasteiger partial charge on any atom is -0.477 e. The first-order chi connectivity index (χ1) is 10.6. The zero-order valence-electron chi connectivity index (χ0n) is 12.7. The summed E-state index contributed by atoms with van der Waals surface area (Å²) in [6.07, 6.45) is 4.86. The first kappa shape index (κ1) is 14.4. The monoisotopic (exact) mass is 298 g/mol.